The van der Waals surface area contributed by atoms with Crippen LogP contribution in [0.2, 0.25) is 0 Å². The van der Waals surface area contributed by atoms with E-state index in [9.17, 15) is 14.7 Å². The van der Waals surface area contributed by atoms with Gasteiger partial charge in [0.1, 0.15) is 11.4 Å². The van der Waals surface area contributed by atoms with Crippen LogP contribution in [0.1, 0.15) is 46.5 Å². The van der Waals surface area contributed by atoms with Crippen molar-refractivity contribution in [3.8, 4) is 0 Å². The summed E-state index contributed by atoms with van der Waals surface area (Å²) in [6.45, 7) is 10.2. The van der Waals surface area contributed by atoms with Crippen molar-refractivity contribution in [3.05, 3.63) is 59.8 Å². The van der Waals surface area contributed by atoms with Crippen LogP contribution in [0.25, 0.3) is 0 Å². The number of anilines is 1. The van der Waals surface area contributed by atoms with E-state index in [-0.39, 0.29) is 22.9 Å². The van der Waals surface area contributed by atoms with Gasteiger partial charge in [0.15, 0.2) is 11.6 Å². The number of aliphatic hydroxyl groups is 1. The predicted molar refractivity (Wildman–Crippen MR) is 144 cm³/mol. The molecule has 1 aromatic rings. The molecule has 6 nitrogen and oxygen atoms in total. The van der Waals surface area contributed by atoms with Crippen molar-refractivity contribution in [1.82, 2.24) is 9.88 Å². The zero-order chi connectivity index (χ0) is 26.0. The van der Waals surface area contributed by atoms with E-state index in [2.05, 4.69) is 47.7 Å². The molecule has 4 aliphatic carbocycles. The van der Waals surface area contributed by atoms with Crippen molar-refractivity contribution >= 4 is 17.4 Å². The highest BCUT2D eigenvalue weighted by Crippen LogP contribution is 2.65. The first-order chi connectivity index (χ1) is 17.7. The number of carbonyl (C=O) groups excluding carboxylic acids is 2. The standard InChI is InChI=1S/C31H39N3O3/c1-21-18-23-24(29(2)10-7-22(35)19-26(21)29)8-11-30(3)25(23)9-12-31(30,37)27(36)20-33-14-16-34(17-15-33)28-6-4-5-13-32-28/h4-8,10,13,19,21,23,25,37H,9,11-12,14-18,20H2,1-3H3/t21-,23+,25-,29+,30-,31-/m0/s1. The fourth-order valence-corrected chi connectivity index (χ4v) is 8.41. The van der Waals surface area contributed by atoms with Gasteiger partial charge in [0.05, 0.1) is 6.54 Å². The number of rotatable bonds is 4. The summed E-state index contributed by atoms with van der Waals surface area (Å²) in [5.74, 6) is 1.96. The third kappa shape index (κ3) is 3.70. The number of piperazine rings is 1. The molecule has 0 aromatic carbocycles. The highest BCUT2D eigenvalue weighted by atomic mass is 16.3. The Kier molecular flexibility index (Phi) is 5.85. The molecule has 5 aliphatic rings. The molecule has 0 spiro atoms. The second-order valence-corrected chi connectivity index (χ2v) is 12.4. The van der Waals surface area contributed by atoms with Gasteiger partial charge >= 0.3 is 0 Å². The number of fused-ring (bicyclic) bond motifs is 5. The maximum absolute atomic E-state index is 13.8. The molecular weight excluding hydrogens is 462 g/mol. The summed E-state index contributed by atoms with van der Waals surface area (Å²) < 4.78 is 0. The smallest absolute Gasteiger partial charge is 0.178 e. The molecule has 2 saturated carbocycles. The first-order valence-corrected chi connectivity index (χ1v) is 14.0. The number of hydrogen-bond acceptors (Lipinski definition) is 6. The second-order valence-electron chi connectivity index (χ2n) is 12.4. The third-order valence-corrected chi connectivity index (χ3v) is 10.6. The van der Waals surface area contributed by atoms with Crippen LogP contribution in [0.15, 0.2) is 59.8 Å². The minimum Gasteiger partial charge on any atom is -0.381 e. The molecule has 1 aliphatic heterocycles. The maximum Gasteiger partial charge on any atom is 0.178 e. The average Bonchev–Trinajstić information content (AvgIpc) is 3.18. The van der Waals surface area contributed by atoms with E-state index in [0.717, 1.165) is 44.8 Å². The zero-order valence-electron chi connectivity index (χ0n) is 22.3. The molecule has 6 rings (SSSR count). The van der Waals surface area contributed by atoms with Crippen molar-refractivity contribution in [2.45, 2.75) is 52.1 Å². The molecule has 1 N–H and O–H groups in total. The van der Waals surface area contributed by atoms with E-state index < -0.39 is 11.0 Å². The van der Waals surface area contributed by atoms with Gasteiger partial charge < -0.3 is 10.0 Å². The lowest BCUT2D eigenvalue weighted by Gasteiger charge is -2.55. The Labute approximate surface area is 220 Å². The number of carbonyl (C=O) groups is 2. The molecule has 0 bridgehead atoms. The fraction of sp³-hybridized carbons (Fsp3) is 0.581. The second kappa shape index (κ2) is 8.74. The van der Waals surface area contributed by atoms with Crippen molar-refractivity contribution in [1.29, 1.82) is 0 Å². The molecule has 0 radical (unpaired) electrons. The van der Waals surface area contributed by atoms with Crippen LogP contribution in [0.3, 0.4) is 0 Å². The monoisotopic (exact) mass is 501 g/mol. The van der Waals surface area contributed by atoms with E-state index in [1.54, 1.807) is 6.08 Å². The van der Waals surface area contributed by atoms with Crippen LogP contribution in [0.4, 0.5) is 5.82 Å². The highest BCUT2D eigenvalue weighted by molar-refractivity contribution is 6.01. The lowest BCUT2D eigenvalue weighted by molar-refractivity contribution is -0.154. The number of aromatic nitrogens is 1. The van der Waals surface area contributed by atoms with Gasteiger partial charge in [-0.3, -0.25) is 14.5 Å². The topological polar surface area (TPSA) is 73.7 Å². The highest BCUT2D eigenvalue weighted by Gasteiger charge is 2.64. The molecule has 1 saturated heterocycles. The summed E-state index contributed by atoms with van der Waals surface area (Å²) in [5.41, 5.74) is 0.636. The number of Topliss-reactive ketones (excluding diaryl/α,β-unsaturated/α-hetero) is 1. The molecule has 37 heavy (non-hydrogen) atoms. The summed E-state index contributed by atoms with van der Waals surface area (Å²) in [7, 11) is 0. The molecular formula is C31H39N3O3. The van der Waals surface area contributed by atoms with Crippen LogP contribution in [-0.2, 0) is 9.59 Å². The number of ketones is 2. The van der Waals surface area contributed by atoms with E-state index in [1.165, 1.54) is 11.1 Å². The Balaban J connectivity index is 1.19. The Hall–Kier alpha value is -2.57. The Morgan fingerprint density at radius 1 is 1.16 bits per heavy atom. The number of allylic oxidation sites excluding steroid dienone is 6. The van der Waals surface area contributed by atoms with Gasteiger partial charge in [0.2, 0.25) is 0 Å². The predicted octanol–water partition coefficient (Wildman–Crippen LogP) is 3.98. The van der Waals surface area contributed by atoms with Crippen molar-refractivity contribution < 1.29 is 14.7 Å². The molecule has 3 fully saturated rings. The van der Waals surface area contributed by atoms with Crippen LogP contribution >= 0.6 is 0 Å². The lowest BCUT2D eigenvalue weighted by atomic mass is 9.49. The molecule has 0 amide bonds. The van der Waals surface area contributed by atoms with Gasteiger partial charge in [-0.2, -0.15) is 0 Å². The quantitative estimate of drug-likeness (QED) is 0.630. The van der Waals surface area contributed by atoms with E-state index in [0.29, 0.717) is 31.2 Å². The van der Waals surface area contributed by atoms with Crippen LogP contribution in [0.5, 0.6) is 0 Å². The third-order valence-electron chi connectivity index (χ3n) is 10.6. The Morgan fingerprint density at radius 3 is 2.68 bits per heavy atom. The van der Waals surface area contributed by atoms with Crippen LogP contribution in [-0.4, -0.2) is 64.9 Å². The summed E-state index contributed by atoms with van der Waals surface area (Å²) in [6, 6.07) is 5.96. The normalized spacial score (nSPS) is 39.4. The van der Waals surface area contributed by atoms with E-state index in [4.69, 9.17) is 0 Å². The molecule has 196 valence electrons. The number of pyridine rings is 1. The van der Waals surface area contributed by atoms with Crippen molar-refractivity contribution in [3.63, 3.8) is 0 Å². The van der Waals surface area contributed by atoms with Gasteiger partial charge in [0.25, 0.3) is 0 Å². The van der Waals surface area contributed by atoms with Gasteiger partial charge in [-0.25, -0.2) is 4.98 Å². The Bertz CT molecular complexity index is 1200. The summed E-state index contributed by atoms with van der Waals surface area (Å²) in [4.78, 5) is 34.9. The first kappa shape index (κ1) is 24.7. The minimum absolute atomic E-state index is 0.0144. The number of hydrogen-bond donors (Lipinski definition) is 1. The lowest BCUT2D eigenvalue weighted by Crippen LogP contribution is -2.58. The van der Waals surface area contributed by atoms with Crippen LogP contribution in [0, 0.1) is 28.6 Å². The molecule has 6 heteroatoms. The van der Waals surface area contributed by atoms with E-state index >= 15 is 0 Å². The largest absolute Gasteiger partial charge is 0.381 e. The van der Waals surface area contributed by atoms with Gasteiger partial charge in [0, 0.05) is 43.2 Å². The number of nitrogens with zero attached hydrogens (tertiary/aromatic N) is 3. The van der Waals surface area contributed by atoms with Gasteiger partial charge in [-0.1, -0.05) is 37.6 Å². The average molecular weight is 502 g/mol. The minimum atomic E-state index is -1.30. The van der Waals surface area contributed by atoms with Crippen molar-refractivity contribution in [2.24, 2.45) is 28.6 Å². The summed E-state index contributed by atoms with van der Waals surface area (Å²) >= 11 is 0. The summed E-state index contributed by atoms with van der Waals surface area (Å²) in [6.07, 6.45) is 12.9. The fourth-order valence-electron chi connectivity index (χ4n) is 8.41. The Morgan fingerprint density at radius 2 is 1.95 bits per heavy atom. The first-order valence-electron chi connectivity index (χ1n) is 14.0. The van der Waals surface area contributed by atoms with Gasteiger partial charge in [-0.05, 0) is 80.2 Å². The molecule has 1 aromatic heterocycles. The SMILES string of the molecule is C[C@H]1C[C@@H]2C(=CC[C@@]3(C)[C@H]2CC[C@]3(O)C(=O)CN2CCN(c3ccccn3)CC2)[C@@]2(C)C=CC(=O)C=C12. The van der Waals surface area contributed by atoms with Crippen LogP contribution < -0.4 is 4.90 Å². The molecule has 0 unspecified atom stereocenters. The molecule has 6 atom stereocenters. The van der Waals surface area contributed by atoms with Crippen molar-refractivity contribution in [2.75, 3.05) is 37.6 Å². The zero-order valence-corrected chi connectivity index (χ0v) is 22.3. The summed E-state index contributed by atoms with van der Waals surface area (Å²) in [5, 5.41) is 12.1. The van der Waals surface area contributed by atoms with Gasteiger partial charge in [-0.15, -0.1) is 0 Å². The maximum atomic E-state index is 13.8. The van der Waals surface area contributed by atoms with E-state index in [1.807, 2.05) is 30.5 Å². The molecule has 2 heterocycles.